The highest BCUT2D eigenvalue weighted by atomic mass is 32.2. The molecular formula is C17H24N4O3S2. The quantitative estimate of drug-likeness (QED) is 0.703. The monoisotopic (exact) mass is 396 g/mol. The number of aromatic nitrogens is 2. The van der Waals surface area contributed by atoms with Gasteiger partial charge in [-0.3, -0.25) is 4.79 Å². The molecule has 1 aromatic carbocycles. The van der Waals surface area contributed by atoms with Gasteiger partial charge in [-0.25, -0.2) is 8.42 Å². The summed E-state index contributed by atoms with van der Waals surface area (Å²) in [6, 6.07) is 6.70. The summed E-state index contributed by atoms with van der Waals surface area (Å²) in [5, 5.41) is 12.0. The summed E-state index contributed by atoms with van der Waals surface area (Å²) in [7, 11) is -3.45. The lowest BCUT2D eigenvalue weighted by Crippen LogP contribution is -2.30. The maximum absolute atomic E-state index is 12.5. The first kappa shape index (κ1) is 20.5. The topological polar surface area (TPSA) is 92.3 Å². The van der Waals surface area contributed by atoms with Crippen LogP contribution in [0, 0.1) is 0 Å². The van der Waals surface area contributed by atoms with E-state index < -0.39 is 10.0 Å². The number of hydrogen-bond donors (Lipinski definition) is 1. The van der Waals surface area contributed by atoms with E-state index in [0.29, 0.717) is 31.1 Å². The van der Waals surface area contributed by atoms with Gasteiger partial charge in [-0.05, 0) is 30.5 Å². The Morgan fingerprint density at radius 2 is 1.77 bits per heavy atom. The molecule has 26 heavy (non-hydrogen) atoms. The summed E-state index contributed by atoms with van der Waals surface area (Å²) in [6.07, 6.45) is 1.61. The van der Waals surface area contributed by atoms with Gasteiger partial charge in [0.1, 0.15) is 5.01 Å². The number of amides is 1. The molecule has 9 heteroatoms. The van der Waals surface area contributed by atoms with Gasteiger partial charge in [0.05, 0.1) is 4.90 Å². The van der Waals surface area contributed by atoms with E-state index in [1.165, 1.54) is 15.6 Å². The molecule has 0 saturated carbocycles. The normalized spacial score (nSPS) is 11.7. The number of hydrogen-bond acceptors (Lipinski definition) is 6. The molecule has 0 atom stereocenters. The van der Waals surface area contributed by atoms with Crippen LogP contribution in [0.2, 0.25) is 0 Å². The second-order valence-electron chi connectivity index (χ2n) is 5.64. The van der Waals surface area contributed by atoms with Gasteiger partial charge in [0, 0.05) is 19.5 Å². The molecular weight excluding hydrogens is 372 g/mol. The lowest BCUT2D eigenvalue weighted by atomic mass is 10.1. The molecule has 0 bridgehead atoms. The predicted octanol–water partition coefficient (Wildman–Crippen LogP) is 2.70. The zero-order valence-corrected chi connectivity index (χ0v) is 16.9. The van der Waals surface area contributed by atoms with Gasteiger partial charge in [0.15, 0.2) is 0 Å². The highest BCUT2D eigenvalue weighted by Gasteiger charge is 2.21. The molecule has 1 heterocycles. The van der Waals surface area contributed by atoms with Crippen LogP contribution in [0.3, 0.4) is 0 Å². The largest absolute Gasteiger partial charge is 0.301 e. The first-order valence-electron chi connectivity index (χ1n) is 8.62. The minimum Gasteiger partial charge on any atom is -0.301 e. The number of carbonyl (C=O) groups excluding carboxylic acids is 1. The number of anilines is 1. The molecule has 0 aliphatic carbocycles. The van der Waals surface area contributed by atoms with Crippen molar-refractivity contribution in [2.75, 3.05) is 18.4 Å². The molecule has 142 valence electrons. The molecule has 0 fully saturated rings. The SMILES string of the molecule is CCc1nnc(NC(=O)CCc2ccc(S(=O)(=O)N(CC)CC)cc2)s1. The second kappa shape index (κ2) is 9.20. The van der Waals surface area contributed by atoms with Crippen molar-refractivity contribution in [2.24, 2.45) is 0 Å². The molecule has 0 saturated heterocycles. The van der Waals surface area contributed by atoms with Crippen LogP contribution in [0.15, 0.2) is 29.2 Å². The predicted molar refractivity (Wildman–Crippen MR) is 103 cm³/mol. The van der Waals surface area contributed by atoms with Crippen molar-refractivity contribution < 1.29 is 13.2 Å². The summed E-state index contributed by atoms with van der Waals surface area (Å²) in [5.74, 6) is -0.136. The van der Waals surface area contributed by atoms with Crippen molar-refractivity contribution in [1.82, 2.24) is 14.5 Å². The lowest BCUT2D eigenvalue weighted by molar-refractivity contribution is -0.116. The number of sulfonamides is 1. The molecule has 2 rings (SSSR count). The smallest absolute Gasteiger partial charge is 0.243 e. The number of carbonyl (C=O) groups is 1. The Kier molecular flexibility index (Phi) is 7.24. The van der Waals surface area contributed by atoms with Crippen molar-refractivity contribution in [3.05, 3.63) is 34.8 Å². The number of nitrogens with one attached hydrogen (secondary N) is 1. The van der Waals surface area contributed by atoms with Gasteiger partial charge in [0.2, 0.25) is 21.1 Å². The van der Waals surface area contributed by atoms with Crippen LogP contribution < -0.4 is 5.32 Å². The van der Waals surface area contributed by atoms with E-state index in [0.717, 1.165) is 17.0 Å². The Morgan fingerprint density at radius 3 is 2.31 bits per heavy atom. The fourth-order valence-electron chi connectivity index (χ4n) is 2.43. The number of nitrogens with zero attached hydrogens (tertiary/aromatic N) is 3. The van der Waals surface area contributed by atoms with E-state index in [1.807, 2.05) is 20.8 Å². The van der Waals surface area contributed by atoms with E-state index in [4.69, 9.17) is 0 Å². The zero-order valence-electron chi connectivity index (χ0n) is 15.2. The average molecular weight is 397 g/mol. The third-order valence-electron chi connectivity index (χ3n) is 3.92. The molecule has 1 N–H and O–H groups in total. The zero-order chi connectivity index (χ0) is 19.2. The standard InChI is InChI=1S/C17H24N4O3S2/c1-4-16-19-20-17(25-16)18-15(22)12-9-13-7-10-14(11-8-13)26(23,24)21(5-2)6-3/h7-8,10-11H,4-6,9,12H2,1-3H3,(H,18,20,22). The van der Waals surface area contributed by atoms with Crippen molar-refractivity contribution in [2.45, 2.75) is 44.9 Å². The molecule has 2 aromatic rings. The van der Waals surface area contributed by atoms with Gasteiger partial charge in [0.25, 0.3) is 0 Å². The van der Waals surface area contributed by atoms with Crippen molar-refractivity contribution in [3.63, 3.8) is 0 Å². The number of rotatable bonds is 9. The van der Waals surface area contributed by atoms with Gasteiger partial charge in [-0.15, -0.1) is 10.2 Å². The Bertz CT molecular complexity index is 828. The maximum Gasteiger partial charge on any atom is 0.243 e. The molecule has 1 amide bonds. The lowest BCUT2D eigenvalue weighted by Gasteiger charge is -2.18. The number of benzene rings is 1. The van der Waals surface area contributed by atoms with E-state index in [9.17, 15) is 13.2 Å². The maximum atomic E-state index is 12.5. The van der Waals surface area contributed by atoms with Gasteiger partial charge in [-0.2, -0.15) is 4.31 Å². The van der Waals surface area contributed by atoms with E-state index >= 15 is 0 Å². The van der Waals surface area contributed by atoms with Crippen LogP contribution in [-0.2, 0) is 27.7 Å². The van der Waals surface area contributed by atoms with Crippen LogP contribution in [0.5, 0.6) is 0 Å². The average Bonchev–Trinajstić information content (AvgIpc) is 3.08. The van der Waals surface area contributed by atoms with Crippen LogP contribution >= 0.6 is 11.3 Å². The summed E-state index contributed by atoms with van der Waals surface area (Å²) in [5.41, 5.74) is 0.908. The molecule has 0 unspecified atom stereocenters. The Labute approximate surface area is 158 Å². The summed E-state index contributed by atoms with van der Waals surface area (Å²) < 4.78 is 26.3. The fourth-order valence-corrected chi connectivity index (χ4v) is 4.58. The third kappa shape index (κ3) is 5.09. The number of aryl methyl sites for hydroxylation is 2. The van der Waals surface area contributed by atoms with Crippen molar-refractivity contribution in [1.29, 1.82) is 0 Å². The van der Waals surface area contributed by atoms with E-state index in [-0.39, 0.29) is 10.8 Å². The van der Waals surface area contributed by atoms with Crippen LogP contribution in [0.25, 0.3) is 0 Å². The van der Waals surface area contributed by atoms with Crippen molar-refractivity contribution in [3.8, 4) is 0 Å². The molecule has 0 spiro atoms. The first-order chi connectivity index (χ1) is 12.4. The van der Waals surface area contributed by atoms with Gasteiger partial charge >= 0.3 is 0 Å². The Hall–Kier alpha value is -1.84. The highest BCUT2D eigenvalue weighted by molar-refractivity contribution is 7.89. The minimum atomic E-state index is -3.45. The van der Waals surface area contributed by atoms with Crippen LogP contribution in [0.4, 0.5) is 5.13 Å². The molecule has 7 nitrogen and oxygen atoms in total. The Balaban J connectivity index is 1.93. The summed E-state index contributed by atoms with van der Waals surface area (Å²) in [6.45, 7) is 6.49. The molecule has 0 radical (unpaired) electrons. The second-order valence-corrected chi connectivity index (χ2v) is 8.64. The molecule has 0 aliphatic rings. The first-order valence-corrected chi connectivity index (χ1v) is 10.9. The van der Waals surface area contributed by atoms with Gasteiger partial charge < -0.3 is 5.32 Å². The van der Waals surface area contributed by atoms with E-state index in [1.54, 1.807) is 24.3 Å². The molecule has 0 aliphatic heterocycles. The summed E-state index contributed by atoms with van der Waals surface area (Å²) in [4.78, 5) is 12.3. The molecule has 1 aromatic heterocycles. The van der Waals surface area contributed by atoms with Gasteiger partial charge in [-0.1, -0.05) is 44.2 Å². The fraction of sp³-hybridized carbons (Fsp3) is 0.471. The highest BCUT2D eigenvalue weighted by Crippen LogP contribution is 2.18. The van der Waals surface area contributed by atoms with Crippen LogP contribution in [-0.4, -0.2) is 41.9 Å². The minimum absolute atomic E-state index is 0.136. The van der Waals surface area contributed by atoms with Crippen molar-refractivity contribution >= 4 is 32.4 Å². The third-order valence-corrected chi connectivity index (χ3v) is 6.97. The summed E-state index contributed by atoms with van der Waals surface area (Å²) >= 11 is 1.37. The van der Waals surface area contributed by atoms with E-state index in [2.05, 4.69) is 15.5 Å². The van der Waals surface area contributed by atoms with Crippen LogP contribution in [0.1, 0.15) is 37.8 Å². The Morgan fingerprint density at radius 1 is 1.12 bits per heavy atom.